The van der Waals surface area contributed by atoms with Gasteiger partial charge in [-0.25, -0.2) is 4.98 Å². The Balaban J connectivity index is 1.43. The van der Waals surface area contributed by atoms with Gasteiger partial charge in [0.25, 0.3) is 0 Å². The Morgan fingerprint density at radius 2 is 1.96 bits per heavy atom. The van der Waals surface area contributed by atoms with E-state index in [4.69, 9.17) is 9.72 Å². The molecule has 28 heavy (non-hydrogen) atoms. The van der Waals surface area contributed by atoms with Crippen LogP contribution < -0.4 is 4.90 Å². The zero-order chi connectivity index (χ0) is 19.6. The summed E-state index contributed by atoms with van der Waals surface area (Å²) in [4.78, 5) is 22.6. The predicted octanol–water partition coefficient (Wildman–Crippen LogP) is 3.46. The van der Waals surface area contributed by atoms with E-state index in [1.165, 1.54) is 4.91 Å². The number of hydrogen-bond donors (Lipinski definition) is 0. The molecule has 3 saturated heterocycles. The maximum atomic E-state index is 11.5. The SMILES string of the molecule is CC1(C)CC(=Cc2cccc(N3CCOCC3)n2)SC1CN1CCC(=O)CC1. The molecule has 1 aromatic heterocycles. The normalized spacial score (nSPS) is 27.5. The first kappa shape index (κ1) is 19.9. The number of rotatable bonds is 4. The van der Waals surface area contributed by atoms with Crippen LogP contribution in [0.4, 0.5) is 5.82 Å². The van der Waals surface area contributed by atoms with Gasteiger partial charge in [0.05, 0.1) is 18.9 Å². The van der Waals surface area contributed by atoms with Gasteiger partial charge in [-0.05, 0) is 34.9 Å². The maximum absolute atomic E-state index is 11.5. The number of hydrogen-bond acceptors (Lipinski definition) is 6. The third kappa shape index (κ3) is 4.78. The van der Waals surface area contributed by atoms with Crippen molar-refractivity contribution >= 4 is 29.4 Å². The van der Waals surface area contributed by atoms with Gasteiger partial charge in [0, 0.05) is 50.8 Å². The molecule has 1 unspecified atom stereocenters. The summed E-state index contributed by atoms with van der Waals surface area (Å²) in [6.45, 7) is 11.0. The molecule has 4 rings (SSSR count). The van der Waals surface area contributed by atoms with Gasteiger partial charge in [0.15, 0.2) is 0 Å². The Kier molecular flexibility index (Phi) is 6.09. The lowest BCUT2D eigenvalue weighted by atomic mass is 9.85. The van der Waals surface area contributed by atoms with Crippen molar-refractivity contribution in [2.45, 2.75) is 38.4 Å². The monoisotopic (exact) mass is 401 g/mol. The van der Waals surface area contributed by atoms with Crippen LogP contribution in [0.3, 0.4) is 0 Å². The summed E-state index contributed by atoms with van der Waals surface area (Å²) in [6.07, 6.45) is 4.81. The molecular weight excluding hydrogens is 370 g/mol. The summed E-state index contributed by atoms with van der Waals surface area (Å²) >= 11 is 2.01. The van der Waals surface area contributed by atoms with Gasteiger partial charge in [-0.3, -0.25) is 4.79 Å². The molecule has 0 radical (unpaired) electrons. The van der Waals surface area contributed by atoms with E-state index in [1.807, 2.05) is 11.8 Å². The highest BCUT2D eigenvalue weighted by molar-refractivity contribution is 8.04. The number of nitrogens with zero attached hydrogens (tertiary/aromatic N) is 3. The number of piperidine rings is 1. The molecule has 1 atom stereocenters. The first-order valence-corrected chi connectivity index (χ1v) is 11.3. The third-order valence-electron chi connectivity index (χ3n) is 6.03. The summed E-state index contributed by atoms with van der Waals surface area (Å²) < 4.78 is 5.45. The average molecular weight is 402 g/mol. The molecule has 4 heterocycles. The quantitative estimate of drug-likeness (QED) is 0.770. The highest BCUT2D eigenvalue weighted by Crippen LogP contribution is 2.50. The summed E-state index contributed by atoms with van der Waals surface area (Å²) in [5.41, 5.74) is 1.31. The van der Waals surface area contributed by atoms with Gasteiger partial charge < -0.3 is 14.5 Å². The summed E-state index contributed by atoms with van der Waals surface area (Å²) in [5.74, 6) is 1.47. The van der Waals surface area contributed by atoms with Gasteiger partial charge in [-0.2, -0.15) is 0 Å². The molecule has 6 heteroatoms. The zero-order valence-corrected chi connectivity index (χ0v) is 17.8. The number of likely N-dealkylation sites (tertiary alicyclic amines) is 1. The Morgan fingerprint density at radius 1 is 1.21 bits per heavy atom. The second-order valence-electron chi connectivity index (χ2n) is 8.74. The number of carbonyl (C=O) groups excluding carboxylic acids is 1. The van der Waals surface area contributed by atoms with Crippen LogP contribution in [0.25, 0.3) is 6.08 Å². The topological polar surface area (TPSA) is 45.7 Å². The largest absolute Gasteiger partial charge is 0.378 e. The number of allylic oxidation sites excluding steroid dienone is 1. The summed E-state index contributed by atoms with van der Waals surface area (Å²) in [7, 11) is 0. The molecule has 3 aliphatic heterocycles. The lowest BCUT2D eigenvalue weighted by Crippen LogP contribution is -2.41. The number of Topliss-reactive ketones (excluding diaryl/α,β-unsaturated/α-hetero) is 1. The molecule has 3 fully saturated rings. The number of ether oxygens (including phenoxy) is 1. The fourth-order valence-electron chi connectivity index (χ4n) is 4.19. The highest BCUT2D eigenvalue weighted by Gasteiger charge is 2.39. The predicted molar refractivity (Wildman–Crippen MR) is 116 cm³/mol. The smallest absolute Gasteiger partial charge is 0.135 e. The lowest BCUT2D eigenvalue weighted by Gasteiger charge is -2.33. The molecule has 0 amide bonds. The van der Waals surface area contributed by atoms with E-state index in [0.717, 1.165) is 76.7 Å². The Labute approximate surface area is 172 Å². The molecule has 0 N–H and O–H groups in total. The van der Waals surface area contributed by atoms with Crippen LogP contribution in [0.5, 0.6) is 0 Å². The van der Waals surface area contributed by atoms with E-state index in [2.05, 4.69) is 47.9 Å². The standard InChI is InChI=1S/C22H31N3O2S/c1-22(2)15-19(28-20(22)16-24-8-6-18(26)7-9-24)14-17-4-3-5-21(23-17)25-10-12-27-13-11-25/h3-5,14,20H,6-13,15-16H2,1-2H3. The molecule has 0 spiro atoms. The van der Waals surface area contributed by atoms with Gasteiger partial charge in [-0.1, -0.05) is 19.9 Å². The van der Waals surface area contributed by atoms with E-state index in [0.29, 0.717) is 11.0 Å². The van der Waals surface area contributed by atoms with Crippen molar-refractivity contribution in [3.05, 3.63) is 28.8 Å². The van der Waals surface area contributed by atoms with Crippen LogP contribution in [-0.2, 0) is 9.53 Å². The summed E-state index contributed by atoms with van der Waals surface area (Å²) in [6, 6.07) is 6.31. The third-order valence-corrected chi connectivity index (χ3v) is 7.67. The van der Waals surface area contributed by atoms with Crippen LogP contribution >= 0.6 is 11.8 Å². The van der Waals surface area contributed by atoms with Crippen molar-refractivity contribution in [3.8, 4) is 0 Å². The number of anilines is 1. The van der Waals surface area contributed by atoms with Crippen molar-refractivity contribution < 1.29 is 9.53 Å². The molecule has 5 nitrogen and oxygen atoms in total. The number of morpholine rings is 1. The number of thioether (sulfide) groups is 1. The first-order valence-electron chi connectivity index (χ1n) is 10.4. The molecule has 0 bridgehead atoms. The Morgan fingerprint density at radius 3 is 2.71 bits per heavy atom. The van der Waals surface area contributed by atoms with Crippen LogP contribution in [0.2, 0.25) is 0 Å². The minimum atomic E-state index is 0.264. The second kappa shape index (κ2) is 8.56. The van der Waals surface area contributed by atoms with E-state index >= 15 is 0 Å². The number of aromatic nitrogens is 1. The van der Waals surface area contributed by atoms with E-state index in [1.54, 1.807) is 0 Å². The molecule has 0 saturated carbocycles. The fourth-order valence-corrected chi connectivity index (χ4v) is 5.89. The van der Waals surface area contributed by atoms with Crippen molar-refractivity contribution in [2.75, 3.05) is 50.8 Å². The Hall–Kier alpha value is -1.37. The molecule has 152 valence electrons. The minimum Gasteiger partial charge on any atom is -0.378 e. The first-order chi connectivity index (χ1) is 13.5. The van der Waals surface area contributed by atoms with Crippen molar-refractivity contribution in [3.63, 3.8) is 0 Å². The lowest BCUT2D eigenvalue weighted by molar-refractivity contribution is -0.121. The Bertz CT molecular complexity index is 733. The highest BCUT2D eigenvalue weighted by atomic mass is 32.2. The number of pyridine rings is 1. The molecule has 0 aromatic carbocycles. The van der Waals surface area contributed by atoms with E-state index in [9.17, 15) is 4.79 Å². The van der Waals surface area contributed by atoms with Gasteiger partial charge >= 0.3 is 0 Å². The van der Waals surface area contributed by atoms with E-state index in [-0.39, 0.29) is 5.41 Å². The van der Waals surface area contributed by atoms with Crippen LogP contribution in [0.1, 0.15) is 38.8 Å². The van der Waals surface area contributed by atoms with Crippen LogP contribution in [0.15, 0.2) is 23.1 Å². The zero-order valence-electron chi connectivity index (χ0n) is 17.0. The van der Waals surface area contributed by atoms with Crippen molar-refractivity contribution in [2.24, 2.45) is 5.41 Å². The van der Waals surface area contributed by atoms with Crippen LogP contribution in [0, 0.1) is 5.41 Å². The van der Waals surface area contributed by atoms with Gasteiger partial charge in [0.2, 0.25) is 0 Å². The number of ketones is 1. The van der Waals surface area contributed by atoms with Crippen molar-refractivity contribution in [1.82, 2.24) is 9.88 Å². The van der Waals surface area contributed by atoms with Crippen LogP contribution in [-0.4, -0.2) is 66.9 Å². The molecule has 0 aliphatic carbocycles. The number of carbonyl (C=O) groups is 1. The summed E-state index contributed by atoms with van der Waals surface area (Å²) in [5, 5.41) is 0.564. The minimum absolute atomic E-state index is 0.264. The maximum Gasteiger partial charge on any atom is 0.135 e. The molecular formula is C22H31N3O2S. The average Bonchev–Trinajstić information content (AvgIpc) is 2.97. The van der Waals surface area contributed by atoms with E-state index < -0.39 is 0 Å². The van der Waals surface area contributed by atoms with Crippen molar-refractivity contribution in [1.29, 1.82) is 0 Å². The second-order valence-corrected chi connectivity index (χ2v) is 10.1. The molecule has 3 aliphatic rings. The van der Waals surface area contributed by atoms with Gasteiger partial charge in [-0.15, -0.1) is 11.8 Å². The van der Waals surface area contributed by atoms with Gasteiger partial charge in [0.1, 0.15) is 11.6 Å². The fraction of sp³-hybridized carbons (Fsp3) is 0.636. The molecule has 1 aromatic rings.